The number of ether oxygens (including phenoxy) is 1. The van der Waals surface area contributed by atoms with Gasteiger partial charge in [0.05, 0.1) is 23.4 Å². The number of hydrogen-bond acceptors (Lipinski definition) is 7. The highest BCUT2D eigenvalue weighted by molar-refractivity contribution is 8.17. The lowest BCUT2D eigenvalue weighted by atomic mass is 9.94. The van der Waals surface area contributed by atoms with Crippen LogP contribution in [0, 0.1) is 17.1 Å². The summed E-state index contributed by atoms with van der Waals surface area (Å²) in [6.07, 6.45) is -0.308. The maximum absolute atomic E-state index is 13.4. The minimum atomic E-state index is -0.646. The fraction of sp³-hybridized carbons (Fsp3) is 0.278. The zero-order valence-electron chi connectivity index (χ0n) is 14.5. The van der Waals surface area contributed by atoms with Gasteiger partial charge in [-0.05, 0) is 50.2 Å². The molecule has 0 unspecified atom stereocenters. The number of nitrogens with zero attached hydrogens (tertiary/aromatic N) is 3. The van der Waals surface area contributed by atoms with Crippen molar-refractivity contribution >= 4 is 22.9 Å². The summed E-state index contributed by atoms with van der Waals surface area (Å²) in [4.78, 5) is 19.1. The normalized spacial score (nSPS) is 19.5. The van der Waals surface area contributed by atoms with Gasteiger partial charge in [-0.2, -0.15) is 5.26 Å². The van der Waals surface area contributed by atoms with E-state index in [1.807, 2.05) is 6.07 Å². The third-order valence-corrected chi connectivity index (χ3v) is 4.90. The number of benzene rings is 1. The average molecular weight is 372 g/mol. The topological polar surface area (TPSA) is 91.7 Å². The quantitative estimate of drug-likeness (QED) is 0.820. The number of carbonyl (C=O) groups is 1. The third-order valence-electron chi connectivity index (χ3n) is 3.93. The second kappa shape index (κ2) is 6.84. The summed E-state index contributed by atoms with van der Waals surface area (Å²) >= 11 is 1.14. The maximum atomic E-state index is 13.4. The highest BCUT2D eigenvalue weighted by atomic mass is 32.2. The van der Waals surface area contributed by atoms with Gasteiger partial charge >= 0.3 is 5.97 Å². The Kier molecular flexibility index (Phi) is 4.74. The first-order valence-corrected chi connectivity index (χ1v) is 8.78. The first kappa shape index (κ1) is 18.0. The van der Waals surface area contributed by atoms with E-state index in [2.05, 4.69) is 4.99 Å². The van der Waals surface area contributed by atoms with Crippen LogP contribution in [0.5, 0.6) is 0 Å². The molecule has 0 spiro atoms. The SMILES string of the molecule is CC1=C(C(=O)OC(C)C)[C@@H](c2ccc(F)cc2)N2C(=N1)SC(C#N)=C2N. The fourth-order valence-corrected chi connectivity index (χ4v) is 3.76. The number of hydrogen-bond donors (Lipinski definition) is 1. The highest BCUT2D eigenvalue weighted by Gasteiger charge is 2.42. The highest BCUT2D eigenvalue weighted by Crippen LogP contribution is 2.45. The van der Waals surface area contributed by atoms with E-state index in [-0.39, 0.29) is 17.7 Å². The Bertz CT molecular complexity index is 897. The van der Waals surface area contributed by atoms with Crippen LogP contribution in [0.2, 0.25) is 0 Å². The molecule has 3 rings (SSSR count). The van der Waals surface area contributed by atoms with Gasteiger partial charge in [-0.3, -0.25) is 4.90 Å². The zero-order chi connectivity index (χ0) is 19.0. The molecular formula is C18H17FN4O2S. The number of halogens is 1. The number of carbonyl (C=O) groups excluding carboxylic acids is 1. The van der Waals surface area contributed by atoms with Gasteiger partial charge in [-0.15, -0.1) is 0 Å². The molecule has 2 aliphatic heterocycles. The summed E-state index contributed by atoms with van der Waals surface area (Å²) in [6.45, 7) is 5.22. The number of nitriles is 1. The van der Waals surface area contributed by atoms with Crippen molar-refractivity contribution in [1.29, 1.82) is 5.26 Å². The first-order valence-electron chi connectivity index (χ1n) is 7.96. The minimum absolute atomic E-state index is 0.216. The molecule has 1 atom stereocenters. The molecule has 0 saturated carbocycles. The Morgan fingerprint density at radius 3 is 2.65 bits per heavy atom. The number of nitrogens with two attached hydrogens (primary N) is 1. The van der Waals surface area contributed by atoms with E-state index in [0.717, 1.165) is 11.8 Å². The van der Waals surface area contributed by atoms with Crippen molar-refractivity contribution in [3.63, 3.8) is 0 Å². The van der Waals surface area contributed by atoms with E-state index in [9.17, 15) is 14.4 Å². The predicted molar refractivity (Wildman–Crippen MR) is 96.8 cm³/mol. The lowest BCUT2D eigenvalue weighted by Crippen LogP contribution is -2.39. The predicted octanol–water partition coefficient (Wildman–Crippen LogP) is 3.16. The molecule has 1 aromatic rings. The van der Waals surface area contributed by atoms with Gasteiger partial charge in [0.25, 0.3) is 0 Å². The molecule has 0 aromatic heterocycles. The largest absolute Gasteiger partial charge is 0.459 e. The molecule has 0 aliphatic carbocycles. The van der Waals surface area contributed by atoms with Crippen molar-refractivity contribution in [2.45, 2.75) is 32.9 Å². The van der Waals surface area contributed by atoms with Crippen LogP contribution >= 0.6 is 11.8 Å². The number of aliphatic imine (C=N–C) groups is 1. The maximum Gasteiger partial charge on any atom is 0.338 e. The number of allylic oxidation sites excluding steroid dienone is 2. The Hall–Kier alpha value is -2.79. The van der Waals surface area contributed by atoms with Crippen LogP contribution in [0.4, 0.5) is 4.39 Å². The Labute approximate surface area is 154 Å². The van der Waals surface area contributed by atoms with Gasteiger partial charge in [0.1, 0.15) is 22.6 Å². The first-order chi connectivity index (χ1) is 12.3. The molecule has 0 radical (unpaired) electrons. The number of fused-ring (bicyclic) bond motifs is 1. The van der Waals surface area contributed by atoms with E-state index in [1.165, 1.54) is 12.1 Å². The molecule has 26 heavy (non-hydrogen) atoms. The molecule has 0 fully saturated rings. The molecule has 0 saturated heterocycles. The summed E-state index contributed by atoms with van der Waals surface area (Å²) in [7, 11) is 0. The standard InChI is InChI=1S/C18H17FN4O2S/c1-9(2)25-17(24)14-10(3)22-18-23(16(21)13(8-20)26-18)15(14)11-4-6-12(19)7-5-11/h4-7,9,15H,21H2,1-3H3/t15-/m1/s1. The third kappa shape index (κ3) is 3.06. The summed E-state index contributed by atoms with van der Waals surface area (Å²) in [5.74, 6) is -0.687. The van der Waals surface area contributed by atoms with Crippen molar-refractivity contribution in [2.75, 3.05) is 0 Å². The average Bonchev–Trinajstić information content (AvgIpc) is 2.89. The van der Waals surface area contributed by atoms with E-state index in [1.54, 1.807) is 37.8 Å². The minimum Gasteiger partial charge on any atom is -0.459 e. The molecule has 134 valence electrons. The van der Waals surface area contributed by atoms with E-state index < -0.39 is 12.0 Å². The van der Waals surface area contributed by atoms with Gasteiger partial charge in [0, 0.05) is 0 Å². The fourth-order valence-electron chi connectivity index (χ4n) is 2.84. The van der Waals surface area contributed by atoms with E-state index in [0.29, 0.717) is 26.9 Å². The Morgan fingerprint density at radius 1 is 1.42 bits per heavy atom. The number of thioether (sulfide) groups is 1. The lowest BCUT2D eigenvalue weighted by Gasteiger charge is -2.35. The second-order valence-corrected chi connectivity index (χ2v) is 7.08. The van der Waals surface area contributed by atoms with E-state index >= 15 is 0 Å². The van der Waals surface area contributed by atoms with Gasteiger partial charge < -0.3 is 10.5 Å². The van der Waals surface area contributed by atoms with Gasteiger partial charge in [0.15, 0.2) is 5.17 Å². The van der Waals surface area contributed by atoms with Gasteiger partial charge in [-0.1, -0.05) is 12.1 Å². The molecule has 6 nitrogen and oxygen atoms in total. The van der Waals surface area contributed by atoms with E-state index in [4.69, 9.17) is 10.5 Å². The van der Waals surface area contributed by atoms with Gasteiger partial charge in [0.2, 0.25) is 0 Å². The van der Waals surface area contributed by atoms with Crippen LogP contribution in [0.3, 0.4) is 0 Å². The molecular weight excluding hydrogens is 355 g/mol. The van der Waals surface area contributed by atoms with Crippen LogP contribution in [-0.4, -0.2) is 22.1 Å². The monoisotopic (exact) mass is 372 g/mol. The second-order valence-electron chi connectivity index (χ2n) is 6.10. The van der Waals surface area contributed by atoms with Gasteiger partial charge in [-0.25, -0.2) is 14.2 Å². The summed E-state index contributed by atoms with van der Waals surface area (Å²) in [5, 5.41) is 9.80. The molecule has 2 heterocycles. The summed E-state index contributed by atoms with van der Waals surface area (Å²) in [6, 6.07) is 7.20. The van der Waals surface area contributed by atoms with Crippen LogP contribution in [0.15, 0.2) is 51.3 Å². The molecule has 8 heteroatoms. The molecule has 2 N–H and O–H groups in total. The van der Waals surface area contributed by atoms with Crippen LogP contribution in [-0.2, 0) is 9.53 Å². The Balaban J connectivity index is 2.16. The molecule has 0 amide bonds. The van der Waals surface area contributed by atoms with Crippen molar-refractivity contribution in [2.24, 2.45) is 10.7 Å². The lowest BCUT2D eigenvalue weighted by molar-refractivity contribution is -0.143. The Morgan fingerprint density at radius 2 is 2.08 bits per heavy atom. The number of rotatable bonds is 3. The smallest absolute Gasteiger partial charge is 0.338 e. The molecule has 2 aliphatic rings. The van der Waals surface area contributed by atoms with Crippen LogP contribution in [0.25, 0.3) is 0 Å². The number of amidine groups is 1. The van der Waals surface area contributed by atoms with Crippen molar-refractivity contribution in [3.8, 4) is 6.07 Å². The van der Waals surface area contributed by atoms with Crippen LogP contribution in [0.1, 0.15) is 32.4 Å². The van der Waals surface area contributed by atoms with Crippen molar-refractivity contribution < 1.29 is 13.9 Å². The number of esters is 1. The zero-order valence-corrected chi connectivity index (χ0v) is 15.3. The van der Waals surface area contributed by atoms with Crippen molar-refractivity contribution in [3.05, 3.63) is 57.6 Å². The molecule has 1 aromatic carbocycles. The van der Waals surface area contributed by atoms with Crippen molar-refractivity contribution in [1.82, 2.24) is 4.90 Å². The summed E-state index contributed by atoms with van der Waals surface area (Å²) in [5.41, 5.74) is 7.59. The molecule has 0 bridgehead atoms. The summed E-state index contributed by atoms with van der Waals surface area (Å²) < 4.78 is 18.8. The van der Waals surface area contributed by atoms with Crippen LogP contribution < -0.4 is 5.73 Å².